The van der Waals surface area contributed by atoms with Gasteiger partial charge in [0.15, 0.2) is 11.5 Å². The molecule has 0 radical (unpaired) electrons. The number of ether oxygens (including phenoxy) is 2. The van der Waals surface area contributed by atoms with Gasteiger partial charge < -0.3 is 19.9 Å². The maximum Gasteiger partial charge on any atom is 0.251 e. The van der Waals surface area contributed by atoms with E-state index in [9.17, 15) is 4.79 Å². The van der Waals surface area contributed by atoms with E-state index in [4.69, 9.17) is 26.2 Å². The Bertz CT molecular complexity index is 465. The highest BCUT2D eigenvalue weighted by atomic mass is 35.5. The number of nitrogens with one attached hydrogen (secondary N) is 1. The molecule has 0 spiro atoms. The van der Waals surface area contributed by atoms with Crippen molar-refractivity contribution >= 4 is 17.5 Å². The Morgan fingerprint density at radius 2 is 2.20 bits per heavy atom. The third-order valence-corrected chi connectivity index (χ3v) is 2.87. The summed E-state index contributed by atoms with van der Waals surface area (Å²) in [6, 6.07) is 2.76. The predicted molar refractivity (Wildman–Crippen MR) is 77.8 cm³/mol. The molecule has 1 rings (SSSR count). The molecule has 1 amide bonds. The number of hydrogen-bond acceptors (Lipinski definition) is 4. The first-order valence-corrected chi connectivity index (χ1v) is 6.83. The van der Waals surface area contributed by atoms with E-state index in [1.54, 1.807) is 13.0 Å². The molecule has 0 aliphatic heterocycles. The van der Waals surface area contributed by atoms with Crippen LogP contribution >= 0.6 is 11.6 Å². The second-order valence-electron chi connectivity index (χ2n) is 4.39. The summed E-state index contributed by atoms with van der Waals surface area (Å²) in [4.78, 5) is 12.0. The largest absolute Gasteiger partial charge is 0.493 e. The molecule has 1 aromatic carbocycles. The van der Waals surface area contributed by atoms with E-state index in [0.29, 0.717) is 28.7 Å². The lowest BCUT2D eigenvalue weighted by Crippen LogP contribution is -2.35. The highest BCUT2D eigenvalue weighted by molar-refractivity contribution is 6.32. The van der Waals surface area contributed by atoms with Gasteiger partial charge in [-0.15, -0.1) is 0 Å². The van der Waals surface area contributed by atoms with Crippen LogP contribution in [0, 0.1) is 0 Å². The smallest absolute Gasteiger partial charge is 0.251 e. The van der Waals surface area contributed by atoms with Crippen molar-refractivity contribution < 1.29 is 19.4 Å². The Morgan fingerprint density at radius 3 is 2.75 bits per heavy atom. The van der Waals surface area contributed by atoms with Gasteiger partial charge in [0.1, 0.15) is 0 Å². The van der Waals surface area contributed by atoms with Crippen molar-refractivity contribution in [3.8, 4) is 11.5 Å². The van der Waals surface area contributed by atoms with Gasteiger partial charge in [-0.2, -0.15) is 0 Å². The predicted octanol–water partition coefficient (Wildman–Crippen LogP) is 2.25. The van der Waals surface area contributed by atoms with Gasteiger partial charge in [0.05, 0.1) is 25.3 Å². The fourth-order valence-electron chi connectivity index (χ4n) is 1.55. The fraction of sp³-hybridized carbons (Fsp3) is 0.500. The molecule has 0 aromatic heterocycles. The highest BCUT2D eigenvalue weighted by Gasteiger charge is 2.16. The molecule has 0 aliphatic carbocycles. The van der Waals surface area contributed by atoms with E-state index in [1.165, 1.54) is 13.2 Å². The van der Waals surface area contributed by atoms with Crippen molar-refractivity contribution in [2.24, 2.45) is 0 Å². The third-order valence-electron chi connectivity index (χ3n) is 2.59. The molecule has 1 aromatic rings. The van der Waals surface area contributed by atoms with E-state index in [1.807, 2.05) is 6.92 Å². The van der Waals surface area contributed by atoms with Crippen LogP contribution in [0.5, 0.6) is 11.5 Å². The monoisotopic (exact) mass is 301 g/mol. The number of hydrogen-bond donors (Lipinski definition) is 2. The minimum absolute atomic E-state index is 0.131. The summed E-state index contributed by atoms with van der Waals surface area (Å²) in [5.74, 6) is 0.518. The van der Waals surface area contributed by atoms with E-state index in [-0.39, 0.29) is 18.6 Å². The summed E-state index contributed by atoms with van der Waals surface area (Å²) < 4.78 is 10.7. The molecular formula is C14H20ClNO4. The van der Waals surface area contributed by atoms with Gasteiger partial charge in [0, 0.05) is 11.6 Å². The van der Waals surface area contributed by atoms with Crippen molar-refractivity contribution in [3.05, 3.63) is 22.7 Å². The molecule has 20 heavy (non-hydrogen) atoms. The molecule has 0 fully saturated rings. The van der Waals surface area contributed by atoms with Crippen LogP contribution in [0.1, 0.15) is 30.6 Å². The SMILES string of the molecule is CCCOc1c(Cl)cc(C(=O)NC(C)CO)cc1OC. The minimum atomic E-state index is -0.330. The molecule has 0 saturated heterocycles. The number of carbonyl (C=O) groups is 1. The molecule has 0 aliphatic rings. The van der Waals surface area contributed by atoms with Gasteiger partial charge >= 0.3 is 0 Å². The van der Waals surface area contributed by atoms with Gasteiger partial charge in [-0.05, 0) is 25.5 Å². The molecule has 0 heterocycles. The number of amides is 1. The molecule has 0 saturated carbocycles. The van der Waals surface area contributed by atoms with E-state index in [2.05, 4.69) is 5.32 Å². The zero-order valence-electron chi connectivity index (χ0n) is 11.9. The lowest BCUT2D eigenvalue weighted by molar-refractivity contribution is 0.0922. The number of rotatable bonds is 7. The average molecular weight is 302 g/mol. The first-order chi connectivity index (χ1) is 9.53. The number of benzene rings is 1. The highest BCUT2D eigenvalue weighted by Crippen LogP contribution is 2.36. The Hall–Kier alpha value is -1.46. The number of halogens is 1. The summed E-state index contributed by atoms with van der Waals surface area (Å²) >= 11 is 6.13. The van der Waals surface area contributed by atoms with Gasteiger partial charge in [-0.25, -0.2) is 0 Å². The summed E-state index contributed by atoms with van der Waals surface area (Å²) in [7, 11) is 1.49. The van der Waals surface area contributed by atoms with Crippen molar-refractivity contribution in [3.63, 3.8) is 0 Å². The Morgan fingerprint density at radius 1 is 1.50 bits per heavy atom. The van der Waals surface area contributed by atoms with Crippen molar-refractivity contribution in [1.82, 2.24) is 5.32 Å². The van der Waals surface area contributed by atoms with Crippen molar-refractivity contribution in [1.29, 1.82) is 0 Å². The van der Waals surface area contributed by atoms with Crippen LogP contribution in [0.15, 0.2) is 12.1 Å². The second-order valence-corrected chi connectivity index (χ2v) is 4.80. The number of aliphatic hydroxyl groups is 1. The summed E-state index contributed by atoms with van der Waals surface area (Å²) in [5.41, 5.74) is 0.357. The molecule has 0 bridgehead atoms. The zero-order valence-corrected chi connectivity index (χ0v) is 12.7. The maximum atomic E-state index is 12.0. The topological polar surface area (TPSA) is 67.8 Å². The molecule has 2 N–H and O–H groups in total. The van der Waals surface area contributed by atoms with Gasteiger partial charge in [-0.3, -0.25) is 4.79 Å². The summed E-state index contributed by atoms with van der Waals surface area (Å²) in [6.45, 7) is 4.07. The first-order valence-electron chi connectivity index (χ1n) is 6.45. The van der Waals surface area contributed by atoms with Crippen LogP contribution in [-0.4, -0.2) is 37.4 Å². The van der Waals surface area contributed by atoms with Crippen LogP contribution in [0.25, 0.3) is 0 Å². The van der Waals surface area contributed by atoms with Crippen LogP contribution in [-0.2, 0) is 0 Å². The molecule has 5 nitrogen and oxygen atoms in total. The lowest BCUT2D eigenvalue weighted by Gasteiger charge is -2.15. The molecule has 1 unspecified atom stereocenters. The number of carbonyl (C=O) groups excluding carboxylic acids is 1. The summed E-state index contributed by atoms with van der Waals surface area (Å²) in [5, 5.41) is 11.9. The quantitative estimate of drug-likeness (QED) is 0.810. The lowest BCUT2D eigenvalue weighted by atomic mass is 10.1. The number of methoxy groups -OCH3 is 1. The molecular weight excluding hydrogens is 282 g/mol. The zero-order chi connectivity index (χ0) is 15.1. The Labute approximate surface area is 123 Å². The van der Waals surface area contributed by atoms with E-state index < -0.39 is 0 Å². The third kappa shape index (κ3) is 4.28. The summed E-state index contributed by atoms with van der Waals surface area (Å²) in [6.07, 6.45) is 0.843. The minimum Gasteiger partial charge on any atom is -0.493 e. The molecule has 1 atom stereocenters. The fourth-order valence-corrected chi connectivity index (χ4v) is 1.81. The Balaban J connectivity index is 3.00. The van der Waals surface area contributed by atoms with Gasteiger partial charge in [-0.1, -0.05) is 18.5 Å². The maximum absolute atomic E-state index is 12.0. The van der Waals surface area contributed by atoms with E-state index in [0.717, 1.165) is 6.42 Å². The van der Waals surface area contributed by atoms with Crippen molar-refractivity contribution in [2.75, 3.05) is 20.3 Å². The normalized spacial score (nSPS) is 11.8. The number of aliphatic hydroxyl groups excluding tert-OH is 1. The standard InChI is InChI=1S/C14H20ClNO4/c1-4-5-20-13-11(15)6-10(7-12(13)19-3)14(18)16-9(2)8-17/h6-7,9,17H,4-5,8H2,1-3H3,(H,16,18). The van der Waals surface area contributed by atoms with Gasteiger partial charge in [0.2, 0.25) is 0 Å². The Kier molecular flexibility index (Phi) is 6.61. The second kappa shape index (κ2) is 7.97. The van der Waals surface area contributed by atoms with Crippen LogP contribution in [0.2, 0.25) is 5.02 Å². The van der Waals surface area contributed by atoms with E-state index >= 15 is 0 Å². The average Bonchev–Trinajstić information content (AvgIpc) is 2.44. The molecule has 112 valence electrons. The first kappa shape index (κ1) is 16.6. The van der Waals surface area contributed by atoms with Crippen LogP contribution in [0.3, 0.4) is 0 Å². The molecule has 6 heteroatoms. The van der Waals surface area contributed by atoms with Crippen LogP contribution in [0.4, 0.5) is 0 Å². The van der Waals surface area contributed by atoms with Crippen LogP contribution < -0.4 is 14.8 Å². The van der Waals surface area contributed by atoms with Gasteiger partial charge in [0.25, 0.3) is 5.91 Å². The van der Waals surface area contributed by atoms with Crippen molar-refractivity contribution in [2.45, 2.75) is 26.3 Å².